The van der Waals surface area contributed by atoms with E-state index in [0.29, 0.717) is 12.6 Å². The molecule has 104 valence electrons. The highest BCUT2D eigenvalue weighted by atomic mass is 19.2. The molecule has 19 heavy (non-hydrogen) atoms. The van der Waals surface area contributed by atoms with Crippen LogP contribution >= 0.6 is 0 Å². The molecule has 0 aromatic heterocycles. The number of ether oxygens (including phenoxy) is 1. The van der Waals surface area contributed by atoms with Crippen LogP contribution < -0.4 is 0 Å². The van der Waals surface area contributed by atoms with Crippen molar-refractivity contribution in [2.24, 2.45) is 5.41 Å². The molecule has 2 aliphatic rings. The molecule has 1 aromatic carbocycles. The molecule has 0 radical (unpaired) electrons. The third-order valence-corrected chi connectivity index (χ3v) is 4.19. The fraction of sp³-hybridized carbons (Fsp3) is 0.571. The van der Waals surface area contributed by atoms with Crippen LogP contribution in [-0.4, -0.2) is 31.2 Å². The lowest BCUT2D eigenvalue weighted by molar-refractivity contribution is 0.151. The van der Waals surface area contributed by atoms with Gasteiger partial charge in [-0.25, -0.2) is 13.2 Å². The fourth-order valence-corrected chi connectivity index (χ4v) is 3.06. The van der Waals surface area contributed by atoms with Gasteiger partial charge in [-0.2, -0.15) is 0 Å². The number of benzene rings is 1. The molecule has 0 aliphatic carbocycles. The van der Waals surface area contributed by atoms with Crippen LogP contribution in [0.4, 0.5) is 13.2 Å². The van der Waals surface area contributed by atoms with Crippen LogP contribution in [0, 0.1) is 22.9 Å². The summed E-state index contributed by atoms with van der Waals surface area (Å²) in [5.74, 6) is -2.81. The van der Waals surface area contributed by atoms with Crippen molar-refractivity contribution in [3.63, 3.8) is 0 Å². The van der Waals surface area contributed by atoms with E-state index in [1.54, 1.807) is 0 Å². The third kappa shape index (κ3) is 2.49. The van der Waals surface area contributed by atoms with Gasteiger partial charge < -0.3 is 4.74 Å². The van der Waals surface area contributed by atoms with Gasteiger partial charge in [0.25, 0.3) is 0 Å². The molecule has 2 nitrogen and oxygen atoms in total. The lowest BCUT2D eigenvalue weighted by Crippen LogP contribution is -2.27. The third-order valence-electron chi connectivity index (χ3n) is 4.19. The first-order valence-electron chi connectivity index (χ1n) is 6.52. The molecule has 3 rings (SSSR count). The zero-order chi connectivity index (χ0) is 13.5. The Morgan fingerprint density at radius 1 is 1.11 bits per heavy atom. The second-order valence-corrected chi connectivity index (χ2v) is 5.62. The summed E-state index contributed by atoms with van der Waals surface area (Å²) in [7, 11) is 0. The van der Waals surface area contributed by atoms with E-state index in [9.17, 15) is 13.2 Å². The number of hydrogen-bond donors (Lipinski definition) is 0. The summed E-state index contributed by atoms with van der Waals surface area (Å²) in [4.78, 5) is 2.09. The van der Waals surface area contributed by atoms with Crippen LogP contribution in [0.2, 0.25) is 0 Å². The first-order valence-corrected chi connectivity index (χ1v) is 6.52. The molecule has 1 atom stereocenters. The maximum absolute atomic E-state index is 13.6. The molecule has 0 bridgehead atoms. The quantitative estimate of drug-likeness (QED) is 0.767. The minimum absolute atomic E-state index is 0.190. The fourth-order valence-electron chi connectivity index (χ4n) is 3.06. The first-order chi connectivity index (χ1) is 9.08. The van der Waals surface area contributed by atoms with Crippen LogP contribution in [-0.2, 0) is 11.3 Å². The second kappa shape index (κ2) is 4.80. The van der Waals surface area contributed by atoms with Gasteiger partial charge in [0.05, 0.1) is 6.61 Å². The Morgan fingerprint density at radius 3 is 2.63 bits per heavy atom. The van der Waals surface area contributed by atoms with Crippen LogP contribution in [0.25, 0.3) is 0 Å². The van der Waals surface area contributed by atoms with Gasteiger partial charge in [-0.3, -0.25) is 4.90 Å². The number of nitrogens with zero attached hydrogens (tertiary/aromatic N) is 1. The van der Waals surface area contributed by atoms with E-state index in [1.165, 1.54) is 0 Å². The number of likely N-dealkylation sites (tertiary alicyclic amines) is 1. The molecule has 1 aromatic rings. The van der Waals surface area contributed by atoms with Gasteiger partial charge in [-0.1, -0.05) is 0 Å². The minimum atomic E-state index is -1.14. The van der Waals surface area contributed by atoms with Crippen molar-refractivity contribution in [1.82, 2.24) is 4.90 Å². The van der Waals surface area contributed by atoms with Gasteiger partial charge in [-0.05, 0) is 25.5 Å². The van der Waals surface area contributed by atoms with Crippen molar-refractivity contribution in [2.45, 2.75) is 19.4 Å². The highest BCUT2D eigenvalue weighted by Gasteiger charge is 2.41. The monoisotopic (exact) mass is 271 g/mol. The zero-order valence-corrected chi connectivity index (χ0v) is 10.6. The van der Waals surface area contributed by atoms with Crippen molar-refractivity contribution in [3.8, 4) is 0 Å². The summed E-state index contributed by atoms with van der Waals surface area (Å²) in [6.45, 7) is 3.55. The summed E-state index contributed by atoms with van der Waals surface area (Å²) in [6, 6.07) is 1.58. The number of hydrogen-bond acceptors (Lipinski definition) is 2. The van der Waals surface area contributed by atoms with Crippen molar-refractivity contribution >= 4 is 0 Å². The van der Waals surface area contributed by atoms with Crippen molar-refractivity contribution in [2.75, 3.05) is 26.3 Å². The van der Waals surface area contributed by atoms with Crippen molar-refractivity contribution in [1.29, 1.82) is 0 Å². The molecule has 2 heterocycles. The Bertz CT molecular complexity index is 486. The lowest BCUT2D eigenvalue weighted by Gasteiger charge is -2.22. The van der Waals surface area contributed by atoms with E-state index in [-0.39, 0.29) is 11.0 Å². The van der Waals surface area contributed by atoms with Crippen molar-refractivity contribution < 1.29 is 17.9 Å². The lowest BCUT2D eigenvalue weighted by atomic mass is 9.87. The highest BCUT2D eigenvalue weighted by Crippen LogP contribution is 2.38. The van der Waals surface area contributed by atoms with Crippen LogP contribution in [0.15, 0.2) is 12.1 Å². The summed E-state index contributed by atoms with van der Waals surface area (Å²) < 4.78 is 45.0. The van der Waals surface area contributed by atoms with Crippen LogP contribution in [0.5, 0.6) is 0 Å². The molecule has 0 N–H and O–H groups in total. The molecule has 1 spiro atoms. The highest BCUT2D eigenvalue weighted by molar-refractivity contribution is 5.20. The first kappa shape index (κ1) is 12.9. The molecule has 0 saturated carbocycles. The van der Waals surface area contributed by atoms with Crippen LogP contribution in [0.1, 0.15) is 18.4 Å². The Morgan fingerprint density at radius 2 is 1.89 bits per heavy atom. The number of rotatable bonds is 2. The van der Waals surface area contributed by atoms with E-state index >= 15 is 0 Å². The Kier molecular flexibility index (Phi) is 3.27. The van der Waals surface area contributed by atoms with E-state index in [1.807, 2.05) is 0 Å². The summed E-state index contributed by atoms with van der Waals surface area (Å²) in [5.41, 5.74) is 0.407. The minimum Gasteiger partial charge on any atom is -0.381 e. The molecule has 2 fully saturated rings. The Hall–Kier alpha value is -1.07. The van der Waals surface area contributed by atoms with Crippen LogP contribution in [0.3, 0.4) is 0 Å². The largest absolute Gasteiger partial charge is 0.381 e. The SMILES string of the molecule is Fc1cc(F)c(CN2CCC3(CCOC3)C2)cc1F. The van der Waals surface area contributed by atoms with E-state index < -0.39 is 17.5 Å². The van der Waals surface area contributed by atoms with Gasteiger partial charge in [0.15, 0.2) is 11.6 Å². The molecule has 5 heteroatoms. The van der Waals surface area contributed by atoms with E-state index in [0.717, 1.165) is 45.2 Å². The maximum atomic E-state index is 13.6. The second-order valence-electron chi connectivity index (χ2n) is 5.62. The Balaban J connectivity index is 1.71. The van der Waals surface area contributed by atoms with Gasteiger partial charge in [0.2, 0.25) is 0 Å². The predicted molar refractivity (Wildman–Crippen MR) is 64.1 cm³/mol. The molecule has 2 aliphatic heterocycles. The zero-order valence-electron chi connectivity index (χ0n) is 10.6. The molecule has 0 amide bonds. The van der Waals surface area contributed by atoms with E-state index in [4.69, 9.17) is 4.74 Å². The summed E-state index contributed by atoms with van der Waals surface area (Å²) in [5, 5.41) is 0. The molecule has 2 saturated heterocycles. The average Bonchev–Trinajstić information content (AvgIpc) is 2.98. The average molecular weight is 271 g/mol. The van der Waals surface area contributed by atoms with E-state index in [2.05, 4.69) is 4.90 Å². The number of halogens is 3. The van der Waals surface area contributed by atoms with Gasteiger partial charge in [0, 0.05) is 36.7 Å². The molecular formula is C14H16F3NO. The summed E-state index contributed by atoms with van der Waals surface area (Å²) in [6.07, 6.45) is 2.06. The van der Waals surface area contributed by atoms with Gasteiger partial charge in [-0.15, -0.1) is 0 Å². The normalized spacial score (nSPS) is 27.5. The summed E-state index contributed by atoms with van der Waals surface area (Å²) >= 11 is 0. The van der Waals surface area contributed by atoms with Crippen molar-refractivity contribution in [3.05, 3.63) is 35.1 Å². The maximum Gasteiger partial charge on any atom is 0.161 e. The van der Waals surface area contributed by atoms with Gasteiger partial charge in [0.1, 0.15) is 5.82 Å². The molecular weight excluding hydrogens is 255 g/mol. The standard InChI is InChI=1S/C14H16F3NO/c15-11-6-13(17)12(16)5-10(11)7-18-3-1-14(8-18)2-4-19-9-14/h5-6H,1-4,7-9H2. The predicted octanol–water partition coefficient (Wildman–Crippen LogP) is 2.72. The van der Waals surface area contributed by atoms with Gasteiger partial charge >= 0.3 is 0 Å². The molecule has 1 unspecified atom stereocenters. The Labute approximate surface area is 110 Å². The topological polar surface area (TPSA) is 12.5 Å². The smallest absolute Gasteiger partial charge is 0.161 e.